The van der Waals surface area contributed by atoms with Crippen molar-refractivity contribution in [2.75, 3.05) is 50.6 Å². The number of amides is 3. The number of hydrogen-bond donors (Lipinski definition) is 4. The summed E-state index contributed by atoms with van der Waals surface area (Å²) < 4.78 is 5.51. The summed E-state index contributed by atoms with van der Waals surface area (Å²) in [4.78, 5) is 42.0. The molecule has 2 aromatic rings. The molecule has 1 aliphatic heterocycles. The largest absolute Gasteiger partial charge is 0.380 e. The highest BCUT2D eigenvalue weighted by molar-refractivity contribution is 6.05. The molecule has 0 radical (unpaired) electrons. The Labute approximate surface area is 223 Å². The first kappa shape index (κ1) is 29.0. The molecular weight excluding hydrogens is 486 g/mol. The molecule has 204 valence electrons. The Hall–Kier alpha value is -3.60. The molecule has 0 aromatic heterocycles. The predicted octanol–water partition coefficient (Wildman–Crippen LogP) is 2.19. The smallest absolute Gasteiger partial charge is 0.259 e. The maximum absolute atomic E-state index is 13.3. The molecule has 3 amide bonds. The first-order valence-corrected chi connectivity index (χ1v) is 12.8. The third-order valence-corrected chi connectivity index (χ3v) is 6.45. The second kappa shape index (κ2) is 13.3. The molecule has 0 aliphatic carbocycles. The van der Waals surface area contributed by atoms with Gasteiger partial charge in [0, 0.05) is 43.6 Å². The Morgan fingerprint density at radius 3 is 2.71 bits per heavy atom. The van der Waals surface area contributed by atoms with Crippen LogP contribution in [-0.2, 0) is 14.3 Å². The number of nitrogens with zero attached hydrogens (tertiary/aromatic N) is 2. The number of rotatable bonds is 11. The number of aliphatic hydroxyl groups excluding tert-OH is 1. The van der Waals surface area contributed by atoms with Gasteiger partial charge in [0.25, 0.3) is 17.7 Å². The van der Waals surface area contributed by atoms with E-state index in [0.717, 1.165) is 24.0 Å². The van der Waals surface area contributed by atoms with Crippen LogP contribution in [0.15, 0.2) is 42.5 Å². The zero-order valence-corrected chi connectivity index (χ0v) is 22.4. The van der Waals surface area contributed by atoms with E-state index in [0.29, 0.717) is 35.7 Å². The molecule has 0 spiro atoms. The Morgan fingerprint density at radius 1 is 1.26 bits per heavy atom. The molecule has 4 N–H and O–H groups in total. The van der Waals surface area contributed by atoms with E-state index in [4.69, 9.17) is 10.1 Å². The first-order valence-electron chi connectivity index (χ1n) is 12.8. The third kappa shape index (κ3) is 6.83. The number of carbonyl (C=O) groups excluding carboxylic acids is 3. The number of aryl methyl sites for hydroxylation is 1. The van der Waals surface area contributed by atoms with Gasteiger partial charge in [-0.05, 0) is 61.9 Å². The lowest BCUT2D eigenvalue weighted by atomic mass is 10.0. The fourth-order valence-electron chi connectivity index (χ4n) is 4.32. The van der Waals surface area contributed by atoms with Gasteiger partial charge in [-0.15, -0.1) is 0 Å². The summed E-state index contributed by atoms with van der Waals surface area (Å²) in [5, 5.41) is 24.4. The Kier molecular flexibility index (Phi) is 10.1. The maximum Gasteiger partial charge on any atom is 0.259 e. The number of benzene rings is 2. The Balaban J connectivity index is 1.70. The van der Waals surface area contributed by atoms with Crippen LogP contribution in [0.5, 0.6) is 0 Å². The van der Waals surface area contributed by atoms with Crippen LogP contribution in [0.25, 0.3) is 0 Å². The molecule has 1 saturated heterocycles. The van der Waals surface area contributed by atoms with Crippen LogP contribution in [0, 0.1) is 12.3 Å². The number of carbonyl (C=O) groups is 3. The summed E-state index contributed by atoms with van der Waals surface area (Å²) in [6.07, 6.45) is -1.25. The highest BCUT2D eigenvalue weighted by Crippen LogP contribution is 2.23. The lowest BCUT2D eigenvalue weighted by Crippen LogP contribution is -2.55. The molecule has 0 unspecified atom stereocenters. The predicted molar refractivity (Wildman–Crippen MR) is 147 cm³/mol. The van der Waals surface area contributed by atoms with Gasteiger partial charge < -0.3 is 35.7 Å². The van der Waals surface area contributed by atoms with Crippen molar-refractivity contribution in [3.8, 4) is 0 Å². The van der Waals surface area contributed by atoms with E-state index in [2.05, 4.69) is 17.6 Å². The van der Waals surface area contributed by atoms with Gasteiger partial charge in [-0.3, -0.25) is 14.4 Å². The van der Waals surface area contributed by atoms with Crippen molar-refractivity contribution in [2.45, 2.75) is 38.9 Å². The molecule has 2 atom stereocenters. The third-order valence-electron chi connectivity index (χ3n) is 6.45. The first-order chi connectivity index (χ1) is 18.2. The van der Waals surface area contributed by atoms with Crippen LogP contribution in [0.3, 0.4) is 0 Å². The molecule has 0 saturated carbocycles. The molecule has 1 aliphatic rings. The molecule has 3 rings (SSSR count). The molecule has 0 bridgehead atoms. The molecule has 10 heteroatoms. The van der Waals surface area contributed by atoms with Crippen molar-refractivity contribution in [3.05, 3.63) is 59.2 Å². The lowest BCUT2D eigenvalue weighted by Gasteiger charge is -2.34. The monoisotopic (exact) mass is 523 g/mol. The van der Waals surface area contributed by atoms with E-state index in [1.165, 1.54) is 4.90 Å². The average Bonchev–Trinajstić information content (AvgIpc) is 2.91. The van der Waals surface area contributed by atoms with Crippen LogP contribution >= 0.6 is 0 Å². The molecule has 1 fully saturated rings. The Bertz CT molecular complexity index is 1180. The fourth-order valence-corrected chi connectivity index (χ4v) is 4.32. The van der Waals surface area contributed by atoms with Crippen LogP contribution in [0.4, 0.5) is 11.4 Å². The average molecular weight is 524 g/mol. The van der Waals surface area contributed by atoms with Crippen molar-refractivity contribution in [1.29, 1.82) is 5.41 Å². The second-order valence-electron chi connectivity index (χ2n) is 9.38. The minimum absolute atomic E-state index is 0.122. The Morgan fingerprint density at radius 2 is 2.03 bits per heavy atom. The van der Waals surface area contributed by atoms with Crippen molar-refractivity contribution >= 4 is 34.8 Å². The fraction of sp³-hybridized carbons (Fsp3) is 0.429. The quantitative estimate of drug-likeness (QED) is 0.334. The lowest BCUT2D eigenvalue weighted by molar-refractivity contribution is -0.150. The minimum atomic E-state index is -1.74. The highest BCUT2D eigenvalue weighted by Gasteiger charge is 2.39. The number of hydrogen-bond acceptors (Lipinski definition) is 7. The summed E-state index contributed by atoms with van der Waals surface area (Å²) >= 11 is 0. The van der Waals surface area contributed by atoms with Crippen molar-refractivity contribution in [1.82, 2.24) is 10.2 Å². The van der Waals surface area contributed by atoms with Gasteiger partial charge in [0.05, 0.1) is 12.3 Å². The highest BCUT2D eigenvalue weighted by atomic mass is 16.5. The van der Waals surface area contributed by atoms with Gasteiger partial charge in [-0.25, -0.2) is 0 Å². The maximum atomic E-state index is 13.3. The number of unbranched alkanes of at least 4 members (excludes halogenated alkanes) is 1. The van der Waals surface area contributed by atoms with Gasteiger partial charge in [-0.1, -0.05) is 25.5 Å². The molecular formula is C28H37N5O5. The molecule has 2 aromatic carbocycles. The van der Waals surface area contributed by atoms with Crippen LogP contribution < -0.4 is 15.5 Å². The number of aliphatic hydroxyl groups is 1. The van der Waals surface area contributed by atoms with E-state index in [-0.39, 0.29) is 19.1 Å². The summed E-state index contributed by atoms with van der Waals surface area (Å²) in [5.74, 6) is -1.47. The summed E-state index contributed by atoms with van der Waals surface area (Å²) in [6, 6.07) is 11.9. The SMILES string of the molecule is CCCCN(C)C(=O)c1cccc(N2CCO[C@H]([C@@H](O)C(=O)Nc3ccc(C(=N)CNC)c(C)c3)C2=O)c1. The van der Waals surface area contributed by atoms with E-state index < -0.39 is 24.0 Å². The van der Waals surface area contributed by atoms with Gasteiger partial charge in [0.15, 0.2) is 12.2 Å². The zero-order valence-electron chi connectivity index (χ0n) is 22.4. The summed E-state index contributed by atoms with van der Waals surface area (Å²) in [5.41, 5.74) is 3.35. The van der Waals surface area contributed by atoms with Gasteiger partial charge >= 0.3 is 0 Å². The topological polar surface area (TPSA) is 135 Å². The zero-order chi connectivity index (χ0) is 27.8. The normalized spacial score (nSPS) is 16.2. The van der Waals surface area contributed by atoms with Gasteiger partial charge in [0.1, 0.15) is 0 Å². The van der Waals surface area contributed by atoms with Crippen LogP contribution in [-0.4, -0.2) is 86.0 Å². The van der Waals surface area contributed by atoms with Gasteiger partial charge in [-0.2, -0.15) is 0 Å². The number of anilines is 2. The van der Waals surface area contributed by atoms with Gasteiger partial charge in [0.2, 0.25) is 0 Å². The van der Waals surface area contributed by atoms with Crippen molar-refractivity contribution in [3.63, 3.8) is 0 Å². The van der Waals surface area contributed by atoms with E-state index in [9.17, 15) is 19.5 Å². The van der Waals surface area contributed by atoms with E-state index in [1.54, 1.807) is 61.5 Å². The van der Waals surface area contributed by atoms with Crippen molar-refractivity contribution in [2.24, 2.45) is 0 Å². The second-order valence-corrected chi connectivity index (χ2v) is 9.38. The molecule has 1 heterocycles. The number of morpholine rings is 1. The van der Waals surface area contributed by atoms with Crippen molar-refractivity contribution < 1.29 is 24.2 Å². The van der Waals surface area contributed by atoms with Crippen LogP contribution in [0.1, 0.15) is 41.3 Å². The standard InChI is InChI=1S/C28H37N5O5/c1-5-6-12-32(4)27(36)19-8-7-9-21(16-19)33-13-14-38-25(28(33)37)24(34)26(35)31-20-10-11-22(18(2)15-20)23(29)17-30-3/h7-11,15-16,24-25,29-30,34H,5-6,12-14,17H2,1-4H3,(H,31,35)/t24-,25-/m1/s1. The molecule has 38 heavy (non-hydrogen) atoms. The number of nitrogens with one attached hydrogen (secondary N) is 3. The van der Waals surface area contributed by atoms with E-state index in [1.807, 2.05) is 6.92 Å². The number of ether oxygens (including phenoxy) is 1. The minimum Gasteiger partial charge on any atom is -0.380 e. The van der Waals surface area contributed by atoms with E-state index >= 15 is 0 Å². The molecule has 10 nitrogen and oxygen atoms in total. The summed E-state index contributed by atoms with van der Waals surface area (Å²) in [6.45, 7) is 5.29. The summed E-state index contributed by atoms with van der Waals surface area (Å²) in [7, 11) is 3.51. The van der Waals surface area contributed by atoms with Crippen LogP contribution in [0.2, 0.25) is 0 Å². The number of likely N-dealkylation sites (N-methyl/N-ethyl adjacent to an activating group) is 1.